The predicted octanol–water partition coefficient (Wildman–Crippen LogP) is 2.77. The molecule has 0 unspecified atom stereocenters. The maximum absolute atomic E-state index is 13.2. The Morgan fingerprint density at radius 2 is 1.92 bits per heavy atom. The number of likely N-dealkylation sites (tertiary alicyclic amines) is 1. The van der Waals surface area contributed by atoms with E-state index in [1.807, 2.05) is 0 Å². The van der Waals surface area contributed by atoms with E-state index >= 15 is 0 Å². The zero-order chi connectivity index (χ0) is 17.0. The van der Waals surface area contributed by atoms with Crippen molar-refractivity contribution in [1.82, 2.24) is 20.0 Å². The van der Waals surface area contributed by atoms with E-state index in [1.165, 1.54) is 24.6 Å². The lowest BCUT2D eigenvalue weighted by Gasteiger charge is -2.51. The maximum atomic E-state index is 13.2. The van der Waals surface area contributed by atoms with Gasteiger partial charge in [-0.05, 0) is 37.4 Å². The molecule has 4 aliphatic rings. The molecule has 1 aromatic carbocycles. The Bertz CT molecular complexity index is 784. The summed E-state index contributed by atoms with van der Waals surface area (Å²) in [7, 11) is 0. The third kappa shape index (κ3) is 2.33. The highest BCUT2D eigenvalue weighted by Gasteiger charge is 2.54. The number of piperidine rings is 3. The second-order valence-corrected chi connectivity index (χ2v) is 7.83. The first-order chi connectivity index (χ1) is 12.2. The second kappa shape index (κ2) is 5.85. The molecular weight excluding hydrogens is 336 g/mol. The molecule has 130 valence electrons. The third-order valence-corrected chi connectivity index (χ3v) is 6.58. The summed E-state index contributed by atoms with van der Waals surface area (Å²) in [6.45, 7) is 3.06. The average Bonchev–Trinajstić information content (AvgIpc) is 3.28. The van der Waals surface area contributed by atoms with E-state index in [4.69, 9.17) is 11.6 Å². The highest BCUT2D eigenvalue weighted by atomic mass is 35.5. The Hall–Kier alpha value is -1.85. The van der Waals surface area contributed by atoms with Crippen LogP contribution in [0.4, 0.5) is 0 Å². The molecule has 2 bridgehead atoms. The highest BCUT2D eigenvalue weighted by Crippen LogP contribution is 2.47. The number of benzene rings is 1. The van der Waals surface area contributed by atoms with Gasteiger partial charge in [0.1, 0.15) is 5.69 Å². The van der Waals surface area contributed by atoms with Crippen LogP contribution >= 0.6 is 11.6 Å². The molecule has 4 aliphatic heterocycles. The van der Waals surface area contributed by atoms with Crippen molar-refractivity contribution < 1.29 is 4.79 Å². The van der Waals surface area contributed by atoms with Gasteiger partial charge in [-0.2, -0.15) is 5.10 Å². The third-order valence-electron chi connectivity index (χ3n) is 6.29. The zero-order valence-corrected chi connectivity index (χ0v) is 14.7. The summed E-state index contributed by atoms with van der Waals surface area (Å²) in [6, 6.07) is 11.3. The van der Waals surface area contributed by atoms with Gasteiger partial charge in [0.15, 0.2) is 0 Å². The highest BCUT2D eigenvalue weighted by molar-refractivity contribution is 6.33. The predicted molar refractivity (Wildman–Crippen MR) is 95.7 cm³/mol. The molecule has 25 heavy (non-hydrogen) atoms. The first-order valence-corrected chi connectivity index (χ1v) is 9.40. The summed E-state index contributed by atoms with van der Waals surface area (Å²) in [4.78, 5) is 17.9. The fraction of sp³-hybridized carbons (Fsp3) is 0.474. The van der Waals surface area contributed by atoms with Crippen molar-refractivity contribution in [3.05, 3.63) is 52.8 Å². The van der Waals surface area contributed by atoms with Crippen molar-refractivity contribution in [3.63, 3.8) is 0 Å². The van der Waals surface area contributed by atoms with Crippen molar-refractivity contribution in [3.8, 4) is 0 Å². The molecule has 6 rings (SSSR count). The summed E-state index contributed by atoms with van der Waals surface area (Å²) < 4.78 is 0. The van der Waals surface area contributed by atoms with E-state index in [0.29, 0.717) is 28.6 Å². The number of hydrogen-bond acceptors (Lipinski definition) is 3. The van der Waals surface area contributed by atoms with Crippen molar-refractivity contribution in [1.29, 1.82) is 0 Å². The van der Waals surface area contributed by atoms with E-state index in [1.54, 1.807) is 0 Å². The lowest BCUT2D eigenvalue weighted by atomic mass is 9.75. The number of aromatic nitrogens is 2. The molecule has 0 radical (unpaired) electrons. The fourth-order valence-corrected chi connectivity index (χ4v) is 5.38. The van der Waals surface area contributed by atoms with E-state index in [0.717, 1.165) is 19.6 Å². The van der Waals surface area contributed by atoms with Crippen LogP contribution in [-0.4, -0.2) is 57.6 Å². The molecular formula is C19H21ClN4O. The summed E-state index contributed by atoms with van der Waals surface area (Å²) in [5.41, 5.74) is 1.75. The molecule has 0 saturated carbocycles. The first-order valence-electron chi connectivity index (χ1n) is 9.03. The fourth-order valence-electron chi connectivity index (χ4n) is 5.21. The summed E-state index contributed by atoms with van der Waals surface area (Å²) in [5, 5.41) is 7.13. The van der Waals surface area contributed by atoms with E-state index in [9.17, 15) is 4.79 Å². The van der Waals surface area contributed by atoms with Crippen LogP contribution in [0.2, 0.25) is 5.02 Å². The van der Waals surface area contributed by atoms with Crippen LogP contribution in [0.1, 0.15) is 34.8 Å². The van der Waals surface area contributed by atoms with Gasteiger partial charge in [0.05, 0.1) is 17.3 Å². The van der Waals surface area contributed by atoms with Crippen LogP contribution in [0.25, 0.3) is 0 Å². The second-order valence-electron chi connectivity index (χ2n) is 7.42. The number of H-pyrrole nitrogens is 1. The monoisotopic (exact) mass is 356 g/mol. The number of aromatic amines is 1. The summed E-state index contributed by atoms with van der Waals surface area (Å²) in [6.07, 6.45) is 3.87. The lowest BCUT2D eigenvalue weighted by Crippen LogP contribution is -2.60. The Labute approximate surface area is 152 Å². The minimum atomic E-state index is -0.00955. The molecule has 0 spiro atoms. The van der Waals surface area contributed by atoms with Gasteiger partial charge in [-0.1, -0.05) is 41.9 Å². The molecule has 1 amide bonds. The van der Waals surface area contributed by atoms with Crippen LogP contribution in [0, 0.1) is 5.92 Å². The number of carbonyl (C=O) groups is 1. The number of carbonyl (C=O) groups excluding carboxylic acids is 1. The standard InChI is InChI=1S/C19H21ClN4O/c20-15-10-21-22-16(15)19(25)24-11-14(12-4-2-1-3-5-12)18-17(24)13-6-8-23(18)9-7-13/h1-5,10,13-14,17-18H,6-9,11H2,(H,21,22)/t14-,17-,18-/m1/s1. The van der Waals surface area contributed by atoms with E-state index < -0.39 is 0 Å². The Morgan fingerprint density at radius 3 is 2.60 bits per heavy atom. The molecule has 5 nitrogen and oxygen atoms in total. The molecule has 6 heteroatoms. The Balaban J connectivity index is 1.54. The zero-order valence-electron chi connectivity index (χ0n) is 13.9. The van der Waals surface area contributed by atoms with Crippen LogP contribution in [-0.2, 0) is 0 Å². The van der Waals surface area contributed by atoms with Crippen LogP contribution in [0.15, 0.2) is 36.5 Å². The number of fused-ring (bicyclic) bond motifs is 2. The van der Waals surface area contributed by atoms with Gasteiger partial charge < -0.3 is 4.90 Å². The smallest absolute Gasteiger partial charge is 0.273 e. The van der Waals surface area contributed by atoms with E-state index in [-0.39, 0.29) is 11.9 Å². The number of halogens is 1. The van der Waals surface area contributed by atoms with Crippen molar-refractivity contribution in [2.75, 3.05) is 19.6 Å². The summed E-state index contributed by atoms with van der Waals surface area (Å²) >= 11 is 6.17. The topological polar surface area (TPSA) is 52.2 Å². The lowest BCUT2D eigenvalue weighted by molar-refractivity contribution is -0.00357. The quantitative estimate of drug-likeness (QED) is 0.900. The SMILES string of the molecule is O=C(c1[nH]ncc1Cl)N1C[C@H](c2ccccc2)[C@@H]2[C@H]1C1CCN2CC1. The number of hydrogen-bond donors (Lipinski definition) is 1. The molecule has 4 saturated heterocycles. The molecule has 0 aliphatic carbocycles. The van der Waals surface area contributed by atoms with Crippen molar-refractivity contribution in [2.45, 2.75) is 30.8 Å². The molecule has 5 heterocycles. The van der Waals surface area contributed by atoms with Crippen molar-refractivity contribution in [2.24, 2.45) is 5.92 Å². The number of nitrogens with zero attached hydrogens (tertiary/aromatic N) is 3. The van der Waals surface area contributed by atoms with Crippen LogP contribution in [0.5, 0.6) is 0 Å². The molecule has 4 fully saturated rings. The Morgan fingerprint density at radius 1 is 1.16 bits per heavy atom. The summed E-state index contributed by atoms with van der Waals surface area (Å²) in [5.74, 6) is 0.944. The first kappa shape index (κ1) is 15.4. The van der Waals surface area contributed by atoms with Gasteiger partial charge in [-0.3, -0.25) is 14.8 Å². The molecule has 2 aromatic rings. The van der Waals surface area contributed by atoms with Crippen molar-refractivity contribution >= 4 is 17.5 Å². The van der Waals surface area contributed by atoms with Gasteiger partial charge in [-0.25, -0.2) is 0 Å². The van der Waals surface area contributed by atoms with Gasteiger partial charge in [0, 0.05) is 18.5 Å². The molecule has 3 atom stereocenters. The van der Waals surface area contributed by atoms with Gasteiger partial charge in [0.25, 0.3) is 5.91 Å². The number of nitrogens with one attached hydrogen (secondary N) is 1. The normalized spacial score (nSPS) is 33.5. The Kier molecular flexibility index (Phi) is 3.61. The molecule has 1 aromatic heterocycles. The maximum Gasteiger partial charge on any atom is 0.273 e. The molecule has 1 N–H and O–H groups in total. The van der Waals surface area contributed by atoms with Crippen LogP contribution in [0.3, 0.4) is 0 Å². The van der Waals surface area contributed by atoms with Gasteiger partial charge in [0.2, 0.25) is 0 Å². The number of rotatable bonds is 2. The minimum Gasteiger partial charge on any atom is -0.332 e. The minimum absolute atomic E-state index is 0.00955. The average molecular weight is 357 g/mol. The van der Waals surface area contributed by atoms with Gasteiger partial charge >= 0.3 is 0 Å². The van der Waals surface area contributed by atoms with Crippen LogP contribution < -0.4 is 0 Å². The number of amides is 1. The van der Waals surface area contributed by atoms with Gasteiger partial charge in [-0.15, -0.1) is 0 Å². The largest absolute Gasteiger partial charge is 0.332 e. The van der Waals surface area contributed by atoms with E-state index in [2.05, 4.69) is 50.3 Å².